The van der Waals surface area contributed by atoms with E-state index in [1.807, 2.05) is 24.3 Å². The van der Waals surface area contributed by atoms with Crippen LogP contribution in [0.25, 0.3) is 0 Å². The quantitative estimate of drug-likeness (QED) is 0.794. The number of nitrogens with one attached hydrogen (secondary N) is 1. The minimum atomic E-state index is 0.0631. The van der Waals surface area contributed by atoms with Crippen LogP contribution in [0.4, 0.5) is 0 Å². The molecule has 0 spiro atoms. The lowest BCUT2D eigenvalue weighted by Gasteiger charge is -2.24. The third-order valence-corrected chi connectivity index (χ3v) is 3.90. The smallest absolute Gasteiger partial charge is 0.223 e. The van der Waals surface area contributed by atoms with Crippen LogP contribution in [0.15, 0.2) is 43.0 Å². The standard InChI is InChI=1S/C17H23NO/c1-2-9-16(14-10-5-3-6-11-14)18-17(19)15-12-7-4-8-13-15/h2-3,5-6,10-11,15-16H,1,4,7-9,12-13H2,(H,18,19)/t16-/m1/s1. The van der Waals surface area contributed by atoms with Gasteiger partial charge in [0.25, 0.3) is 0 Å². The topological polar surface area (TPSA) is 29.1 Å². The molecule has 1 N–H and O–H groups in total. The van der Waals surface area contributed by atoms with Crippen molar-refractivity contribution in [1.29, 1.82) is 0 Å². The molecule has 0 radical (unpaired) electrons. The summed E-state index contributed by atoms with van der Waals surface area (Å²) in [4.78, 5) is 12.3. The maximum absolute atomic E-state index is 12.3. The first-order valence-corrected chi connectivity index (χ1v) is 7.27. The van der Waals surface area contributed by atoms with E-state index >= 15 is 0 Å². The highest BCUT2D eigenvalue weighted by Crippen LogP contribution is 2.25. The fourth-order valence-electron chi connectivity index (χ4n) is 2.78. The lowest BCUT2D eigenvalue weighted by atomic mass is 9.88. The molecule has 102 valence electrons. The monoisotopic (exact) mass is 257 g/mol. The van der Waals surface area contributed by atoms with Gasteiger partial charge in [-0.05, 0) is 24.8 Å². The molecule has 19 heavy (non-hydrogen) atoms. The second-order valence-corrected chi connectivity index (χ2v) is 5.33. The van der Waals surface area contributed by atoms with Crippen molar-refractivity contribution in [2.24, 2.45) is 5.92 Å². The lowest BCUT2D eigenvalue weighted by molar-refractivity contribution is -0.126. The van der Waals surface area contributed by atoms with Crippen LogP contribution in [0.5, 0.6) is 0 Å². The Bertz CT molecular complexity index is 407. The molecule has 0 aromatic heterocycles. The molecular weight excluding hydrogens is 234 g/mol. The van der Waals surface area contributed by atoms with Gasteiger partial charge in [-0.1, -0.05) is 55.7 Å². The van der Waals surface area contributed by atoms with Crippen LogP contribution in [0.1, 0.15) is 50.1 Å². The first kappa shape index (κ1) is 13.9. The molecule has 0 heterocycles. The number of benzene rings is 1. The van der Waals surface area contributed by atoms with Crippen molar-refractivity contribution in [3.63, 3.8) is 0 Å². The Kier molecular flexibility index (Phi) is 5.20. The van der Waals surface area contributed by atoms with Crippen LogP contribution in [0.3, 0.4) is 0 Å². The van der Waals surface area contributed by atoms with E-state index in [0.717, 1.165) is 24.8 Å². The molecular formula is C17H23NO. The Morgan fingerprint density at radius 3 is 2.58 bits per heavy atom. The number of amides is 1. The van der Waals surface area contributed by atoms with Crippen LogP contribution in [0.2, 0.25) is 0 Å². The van der Waals surface area contributed by atoms with E-state index in [1.165, 1.54) is 19.3 Å². The van der Waals surface area contributed by atoms with Crippen molar-refractivity contribution in [1.82, 2.24) is 5.32 Å². The summed E-state index contributed by atoms with van der Waals surface area (Å²) in [5, 5.41) is 3.19. The molecule has 0 unspecified atom stereocenters. The molecule has 1 saturated carbocycles. The summed E-state index contributed by atoms with van der Waals surface area (Å²) in [5.74, 6) is 0.431. The Hall–Kier alpha value is -1.57. The largest absolute Gasteiger partial charge is 0.349 e. The highest BCUT2D eigenvalue weighted by Gasteiger charge is 2.23. The van der Waals surface area contributed by atoms with E-state index in [4.69, 9.17) is 0 Å². The SMILES string of the molecule is C=CC[C@@H](NC(=O)C1CCCCC1)c1ccccc1. The summed E-state index contributed by atoms with van der Waals surface area (Å²) in [5.41, 5.74) is 1.16. The van der Waals surface area contributed by atoms with Gasteiger partial charge in [-0.2, -0.15) is 0 Å². The van der Waals surface area contributed by atoms with E-state index in [-0.39, 0.29) is 17.9 Å². The van der Waals surface area contributed by atoms with Crippen LogP contribution in [-0.2, 0) is 4.79 Å². The maximum atomic E-state index is 12.3. The summed E-state index contributed by atoms with van der Waals surface area (Å²) in [7, 11) is 0. The van der Waals surface area contributed by atoms with Gasteiger partial charge in [0.2, 0.25) is 5.91 Å². The van der Waals surface area contributed by atoms with Crippen molar-refractivity contribution in [3.8, 4) is 0 Å². The fraction of sp³-hybridized carbons (Fsp3) is 0.471. The van der Waals surface area contributed by atoms with Crippen molar-refractivity contribution in [2.45, 2.75) is 44.6 Å². The molecule has 2 heteroatoms. The molecule has 2 rings (SSSR count). The van der Waals surface area contributed by atoms with Gasteiger partial charge in [0.05, 0.1) is 6.04 Å². The van der Waals surface area contributed by atoms with Gasteiger partial charge in [-0.15, -0.1) is 6.58 Å². The zero-order valence-electron chi connectivity index (χ0n) is 11.5. The van der Waals surface area contributed by atoms with E-state index in [9.17, 15) is 4.79 Å². The summed E-state index contributed by atoms with van der Waals surface area (Å²) in [6, 6.07) is 10.2. The number of hydrogen-bond donors (Lipinski definition) is 1. The van der Waals surface area contributed by atoms with Crippen molar-refractivity contribution >= 4 is 5.91 Å². The van der Waals surface area contributed by atoms with E-state index < -0.39 is 0 Å². The fourth-order valence-corrected chi connectivity index (χ4v) is 2.78. The van der Waals surface area contributed by atoms with Gasteiger partial charge in [0.15, 0.2) is 0 Å². The number of carbonyl (C=O) groups is 1. The van der Waals surface area contributed by atoms with Crippen molar-refractivity contribution in [2.75, 3.05) is 0 Å². The molecule has 1 atom stereocenters. The third-order valence-electron chi connectivity index (χ3n) is 3.90. The summed E-state index contributed by atoms with van der Waals surface area (Å²) in [6.45, 7) is 3.79. The minimum absolute atomic E-state index is 0.0631. The lowest BCUT2D eigenvalue weighted by Crippen LogP contribution is -2.34. The van der Waals surface area contributed by atoms with E-state index in [1.54, 1.807) is 0 Å². The van der Waals surface area contributed by atoms with Gasteiger partial charge in [-0.25, -0.2) is 0 Å². The molecule has 1 aliphatic rings. The zero-order valence-corrected chi connectivity index (χ0v) is 11.5. The normalized spacial score (nSPS) is 17.7. The van der Waals surface area contributed by atoms with Gasteiger partial charge in [0, 0.05) is 5.92 Å². The predicted octanol–water partition coefficient (Wildman–Crippen LogP) is 4.00. The second kappa shape index (κ2) is 7.13. The molecule has 0 bridgehead atoms. The molecule has 2 nitrogen and oxygen atoms in total. The number of carbonyl (C=O) groups excluding carboxylic acids is 1. The maximum Gasteiger partial charge on any atom is 0.223 e. The van der Waals surface area contributed by atoms with Gasteiger partial charge >= 0.3 is 0 Å². The highest BCUT2D eigenvalue weighted by molar-refractivity contribution is 5.79. The Balaban J connectivity index is 2.00. The second-order valence-electron chi connectivity index (χ2n) is 5.33. The number of hydrogen-bond acceptors (Lipinski definition) is 1. The van der Waals surface area contributed by atoms with Crippen LogP contribution >= 0.6 is 0 Å². The van der Waals surface area contributed by atoms with Gasteiger partial charge in [-0.3, -0.25) is 4.79 Å². The van der Waals surface area contributed by atoms with Crippen molar-refractivity contribution < 1.29 is 4.79 Å². The molecule has 1 amide bonds. The summed E-state index contributed by atoms with van der Waals surface area (Å²) < 4.78 is 0. The Labute approximate surface area is 115 Å². The van der Waals surface area contributed by atoms with Crippen molar-refractivity contribution in [3.05, 3.63) is 48.6 Å². The Morgan fingerprint density at radius 1 is 1.26 bits per heavy atom. The summed E-state index contributed by atoms with van der Waals surface area (Å²) in [6.07, 6.45) is 8.40. The van der Waals surface area contributed by atoms with E-state index in [2.05, 4.69) is 24.0 Å². The predicted molar refractivity (Wildman–Crippen MR) is 78.7 cm³/mol. The van der Waals surface area contributed by atoms with Gasteiger partial charge in [0.1, 0.15) is 0 Å². The average Bonchev–Trinajstić information content (AvgIpc) is 2.48. The molecule has 0 aliphatic heterocycles. The molecule has 1 fully saturated rings. The zero-order chi connectivity index (χ0) is 13.5. The highest BCUT2D eigenvalue weighted by atomic mass is 16.1. The molecule has 1 aromatic carbocycles. The first-order chi connectivity index (χ1) is 9.31. The summed E-state index contributed by atoms with van der Waals surface area (Å²) >= 11 is 0. The van der Waals surface area contributed by atoms with Crippen LogP contribution < -0.4 is 5.32 Å². The molecule has 1 aromatic rings. The van der Waals surface area contributed by atoms with Crippen LogP contribution in [0, 0.1) is 5.92 Å². The average molecular weight is 257 g/mol. The van der Waals surface area contributed by atoms with Crippen LogP contribution in [-0.4, -0.2) is 5.91 Å². The molecule has 0 saturated heterocycles. The third kappa shape index (κ3) is 3.95. The Morgan fingerprint density at radius 2 is 1.95 bits per heavy atom. The number of rotatable bonds is 5. The van der Waals surface area contributed by atoms with E-state index in [0.29, 0.717) is 0 Å². The van der Waals surface area contributed by atoms with Gasteiger partial charge < -0.3 is 5.32 Å². The minimum Gasteiger partial charge on any atom is -0.349 e. The first-order valence-electron chi connectivity index (χ1n) is 7.27. The molecule has 1 aliphatic carbocycles.